The van der Waals surface area contributed by atoms with Gasteiger partial charge in [-0.2, -0.15) is 0 Å². The van der Waals surface area contributed by atoms with E-state index in [4.69, 9.17) is 9.57 Å². The molecule has 0 atom stereocenters. The average Bonchev–Trinajstić information content (AvgIpc) is 2.58. The number of carbonyl (C=O) groups excluding carboxylic acids is 1. The van der Waals surface area contributed by atoms with Gasteiger partial charge in [-0.15, -0.1) is 0 Å². The lowest BCUT2D eigenvalue weighted by Crippen LogP contribution is -2.38. The highest BCUT2D eigenvalue weighted by molar-refractivity contribution is 5.81. The molecular weight excluding hydrogens is 340 g/mol. The molecule has 0 fully saturated rings. The summed E-state index contributed by atoms with van der Waals surface area (Å²) < 4.78 is 5.56. The second-order valence-corrected chi connectivity index (χ2v) is 8.92. The van der Waals surface area contributed by atoms with Gasteiger partial charge in [0.25, 0.3) is 0 Å². The number of carbonyl (C=O) groups is 1. The lowest BCUT2D eigenvalue weighted by atomic mass is 9.72. The first kappa shape index (κ1) is 21.0. The standard InChI is InChI=1S/C22H32N2O3/c1-21(2,3)16-22(4,5)18-9-11-19(12-10-18)27-20(25)24-13-7-8-17(15-24)14-23-26-6/h8-12,14H,7,13,15-16H2,1-6H3/b23-14+. The summed E-state index contributed by atoms with van der Waals surface area (Å²) in [6.07, 6.45) is 5.20. The number of rotatable bonds is 5. The molecule has 0 saturated heterocycles. The molecule has 27 heavy (non-hydrogen) atoms. The molecule has 0 N–H and O–H groups in total. The van der Waals surface area contributed by atoms with Gasteiger partial charge in [-0.3, -0.25) is 0 Å². The van der Waals surface area contributed by atoms with Crippen LogP contribution in [0.4, 0.5) is 4.79 Å². The van der Waals surface area contributed by atoms with Crippen molar-refractivity contribution in [3.8, 4) is 5.75 Å². The fraction of sp³-hybridized carbons (Fsp3) is 0.545. The summed E-state index contributed by atoms with van der Waals surface area (Å²) in [5.74, 6) is 0.567. The fourth-order valence-electron chi connectivity index (χ4n) is 3.71. The summed E-state index contributed by atoms with van der Waals surface area (Å²) in [5.41, 5.74) is 2.50. The minimum atomic E-state index is -0.340. The minimum Gasteiger partial charge on any atom is -0.410 e. The van der Waals surface area contributed by atoms with E-state index in [1.807, 2.05) is 12.1 Å². The van der Waals surface area contributed by atoms with Crippen molar-refractivity contribution in [2.75, 3.05) is 20.2 Å². The molecule has 1 amide bonds. The highest BCUT2D eigenvalue weighted by Gasteiger charge is 2.27. The second kappa shape index (κ2) is 8.59. The van der Waals surface area contributed by atoms with Crippen molar-refractivity contribution >= 4 is 12.3 Å². The monoisotopic (exact) mass is 372 g/mol. The molecule has 5 heteroatoms. The summed E-state index contributed by atoms with van der Waals surface area (Å²) in [6.45, 7) is 12.4. The Kier molecular flexibility index (Phi) is 6.68. The third-order valence-electron chi connectivity index (χ3n) is 4.57. The number of hydrogen-bond acceptors (Lipinski definition) is 4. The van der Waals surface area contributed by atoms with Crippen molar-refractivity contribution in [3.63, 3.8) is 0 Å². The van der Waals surface area contributed by atoms with Crippen molar-refractivity contribution in [2.45, 2.75) is 52.9 Å². The van der Waals surface area contributed by atoms with Gasteiger partial charge in [-0.25, -0.2) is 4.79 Å². The van der Waals surface area contributed by atoms with Crippen LogP contribution in [0.5, 0.6) is 5.75 Å². The van der Waals surface area contributed by atoms with Crippen LogP contribution in [0.1, 0.15) is 53.0 Å². The third-order valence-corrected chi connectivity index (χ3v) is 4.57. The van der Waals surface area contributed by atoms with E-state index in [0.29, 0.717) is 18.8 Å². The molecule has 0 radical (unpaired) electrons. The largest absolute Gasteiger partial charge is 0.415 e. The lowest BCUT2D eigenvalue weighted by molar-refractivity contribution is 0.155. The van der Waals surface area contributed by atoms with Crippen molar-refractivity contribution < 1.29 is 14.4 Å². The Bertz CT molecular complexity index is 697. The number of amides is 1. The number of oxime groups is 1. The van der Waals surface area contributed by atoms with E-state index in [9.17, 15) is 4.79 Å². The molecule has 1 aromatic rings. The van der Waals surface area contributed by atoms with Crippen molar-refractivity contribution in [3.05, 3.63) is 41.5 Å². The summed E-state index contributed by atoms with van der Waals surface area (Å²) in [7, 11) is 1.50. The summed E-state index contributed by atoms with van der Waals surface area (Å²) in [5, 5.41) is 3.76. The first-order valence-corrected chi connectivity index (χ1v) is 9.44. The van der Waals surface area contributed by atoms with E-state index < -0.39 is 0 Å². The Morgan fingerprint density at radius 3 is 2.44 bits per heavy atom. The van der Waals surface area contributed by atoms with E-state index >= 15 is 0 Å². The lowest BCUT2D eigenvalue weighted by Gasteiger charge is -2.33. The fourth-order valence-corrected chi connectivity index (χ4v) is 3.71. The quantitative estimate of drug-likeness (QED) is 0.530. The number of benzene rings is 1. The van der Waals surface area contributed by atoms with Crippen molar-refractivity contribution in [2.24, 2.45) is 10.6 Å². The van der Waals surface area contributed by atoms with E-state index in [1.54, 1.807) is 11.1 Å². The molecule has 0 aromatic heterocycles. The van der Waals surface area contributed by atoms with Crippen LogP contribution in [0, 0.1) is 5.41 Å². The maximum atomic E-state index is 12.5. The third kappa shape index (κ3) is 6.42. The van der Waals surface area contributed by atoms with Crippen LogP contribution in [-0.2, 0) is 10.3 Å². The molecule has 1 aliphatic heterocycles. The summed E-state index contributed by atoms with van der Waals surface area (Å²) in [4.78, 5) is 18.8. The second-order valence-electron chi connectivity index (χ2n) is 8.92. The van der Waals surface area contributed by atoms with Crippen LogP contribution in [0.25, 0.3) is 0 Å². The van der Waals surface area contributed by atoms with Crippen LogP contribution >= 0.6 is 0 Å². The highest BCUT2D eigenvalue weighted by Crippen LogP contribution is 2.36. The molecule has 0 aliphatic carbocycles. The van der Waals surface area contributed by atoms with Gasteiger partial charge in [0.05, 0.1) is 12.8 Å². The smallest absolute Gasteiger partial charge is 0.410 e. The Hall–Kier alpha value is -2.30. The predicted molar refractivity (Wildman–Crippen MR) is 109 cm³/mol. The Morgan fingerprint density at radius 1 is 1.19 bits per heavy atom. The first-order valence-electron chi connectivity index (χ1n) is 9.44. The molecule has 5 nitrogen and oxygen atoms in total. The van der Waals surface area contributed by atoms with Crippen LogP contribution in [-0.4, -0.2) is 37.4 Å². The molecule has 1 aromatic carbocycles. The molecule has 1 heterocycles. The Labute approximate surface area is 163 Å². The zero-order valence-electron chi connectivity index (χ0n) is 17.4. The maximum Gasteiger partial charge on any atom is 0.415 e. The molecule has 0 saturated carbocycles. The van der Waals surface area contributed by atoms with Gasteiger partial charge in [0.2, 0.25) is 0 Å². The molecule has 2 rings (SSSR count). The maximum absolute atomic E-state index is 12.5. The molecule has 1 aliphatic rings. The van der Waals surface area contributed by atoms with Gasteiger partial charge in [-0.1, -0.05) is 58.0 Å². The minimum absolute atomic E-state index is 0.0635. The van der Waals surface area contributed by atoms with Gasteiger partial charge < -0.3 is 14.5 Å². The Balaban J connectivity index is 1.99. The number of nitrogens with zero attached hydrogens (tertiary/aromatic N) is 2. The van der Waals surface area contributed by atoms with E-state index in [2.05, 4.69) is 58.0 Å². The zero-order chi connectivity index (χ0) is 20.1. The van der Waals surface area contributed by atoms with E-state index in [0.717, 1.165) is 18.4 Å². The van der Waals surface area contributed by atoms with Crippen LogP contribution in [0.15, 0.2) is 41.1 Å². The summed E-state index contributed by atoms with van der Waals surface area (Å²) >= 11 is 0. The average molecular weight is 373 g/mol. The molecule has 148 valence electrons. The van der Waals surface area contributed by atoms with Crippen LogP contribution in [0.3, 0.4) is 0 Å². The molecule has 0 bridgehead atoms. The molecule has 0 spiro atoms. The summed E-state index contributed by atoms with van der Waals surface area (Å²) in [6, 6.07) is 7.87. The molecule has 0 unspecified atom stereocenters. The topological polar surface area (TPSA) is 51.1 Å². The predicted octanol–water partition coefficient (Wildman–Crippen LogP) is 5.16. The highest BCUT2D eigenvalue weighted by atomic mass is 16.6. The SMILES string of the molecule is CO/N=C/C1=CCCN(C(=O)Oc2ccc(C(C)(C)CC(C)(C)C)cc2)C1. The van der Waals surface area contributed by atoms with Crippen LogP contribution in [0.2, 0.25) is 0 Å². The zero-order valence-corrected chi connectivity index (χ0v) is 17.4. The van der Waals surface area contributed by atoms with Gasteiger partial charge in [0, 0.05) is 6.54 Å². The van der Waals surface area contributed by atoms with Gasteiger partial charge in [0.15, 0.2) is 0 Å². The van der Waals surface area contributed by atoms with Gasteiger partial charge in [0.1, 0.15) is 12.9 Å². The molecular formula is C22H32N2O3. The van der Waals surface area contributed by atoms with E-state index in [-0.39, 0.29) is 16.9 Å². The number of ether oxygens (including phenoxy) is 1. The Morgan fingerprint density at radius 2 is 1.85 bits per heavy atom. The normalized spacial score (nSPS) is 15.6. The van der Waals surface area contributed by atoms with Gasteiger partial charge in [-0.05, 0) is 46.9 Å². The van der Waals surface area contributed by atoms with Crippen molar-refractivity contribution in [1.82, 2.24) is 4.90 Å². The first-order chi connectivity index (χ1) is 12.6. The van der Waals surface area contributed by atoms with Crippen molar-refractivity contribution in [1.29, 1.82) is 0 Å². The van der Waals surface area contributed by atoms with E-state index in [1.165, 1.54) is 12.7 Å². The van der Waals surface area contributed by atoms with Gasteiger partial charge >= 0.3 is 6.09 Å². The van der Waals surface area contributed by atoms with Crippen LogP contribution < -0.4 is 4.74 Å². The number of hydrogen-bond donors (Lipinski definition) is 0.